The Bertz CT molecular complexity index is 412. The molecule has 0 saturated heterocycles. The fourth-order valence-electron chi connectivity index (χ4n) is 1.31. The highest BCUT2D eigenvalue weighted by Gasteiger charge is 2.21. The molecule has 1 heterocycles. The molecule has 2 amide bonds. The Morgan fingerprint density at radius 3 is 2.74 bits per heavy atom. The lowest BCUT2D eigenvalue weighted by Crippen LogP contribution is -2.48. The first kappa shape index (κ1) is 15.5. The third kappa shape index (κ3) is 6.25. The van der Waals surface area contributed by atoms with Gasteiger partial charge in [-0.1, -0.05) is 6.07 Å². The van der Waals surface area contributed by atoms with Crippen molar-refractivity contribution in [3.63, 3.8) is 0 Å². The van der Waals surface area contributed by atoms with Gasteiger partial charge in [-0.2, -0.15) is 8.78 Å². The maximum atomic E-state index is 11.9. The normalized spacial score (nSPS) is 12.2. The summed E-state index contributed by atoms with van der Waals surface area (Å²) in [5.74, 6) is -1.06. The monoisotopic (exact) mass is 292 g/mol. The molecule has 0 aliphatic carbocycles. The highest BCUT2D eigenvalue weighted by atomic mass is 32.1. The molecule has 0 radical (unpaired) electrons. The second-order valence-corrected chi connectivity index (χ2v) is 4.68. The van der Waals surface area contributed by atoms with Crippen molar-refractivity contribution in [1.82, 2.24) is 10.6 Å². The maximum Gasteiger partial charge on any atom is 0.345 e. The van der Waals surface area contributed by atoms with E-state index in [-0.39, 0.29) is 6.54 Å². The van der Waals surface area contributed by atoms with Crippen LogP contribution in [0.4, 0.5) is 8.78 Å². The fraction of sp³-hybridized carbons (Fsp3) is 0.455. The second kappa shape index (κ2) is 7.80. The van der Waals surface area contributed by atoms with Gasteiger partial charge in [0.15, 0.2) is 0 Å². The number of nitrogens with one attached hydrogen (secondary N) is 2. The molecule has 1 rings (SSSR count). The molecule has 0 fully saturated rings. The van der Waals surface area contributed by atoms with Crippen LogP contribution in [-0.4, -0.2) is 31.1 Å². The number of thiophene rings is 1. The first-order valence-electron chi connectivity index (χ1n) is 5.46. The SMILES string of the molecule is CC(=O)N[C@H](COC(F)F)C(=O)NCc1cccs1. The van der Waals surface area contributed by atoms with Crippen LogP contribution in [-0.2, 0) is 20.9 Å². The molecular formula is C11H14F2N2O3S. The number of carbonyl (C=O) groups is 2. The van der Waals surface area contributed by atoms with Crippen molar-refractivity contribution >= 4 is 23.2 Å². The van der Waals surface area contributed by atoms with Crippen LogP contribution < -0.4 is 10.6 Å². The van der Waals surface area contributed by atoms with Gasteiger partial charge in [0.2, 0.25) is 11.8 Å². The lowest BCUT2D eigenvalue weighted by atomic mass is 10.3. The van der Waals surface area contributed by atoms with Gasteiger partial charge in [-0.3, -0.25) is 9.59 Å². The molecule has 0 spiro atoms. The molecule has 106 valence electrons. The van der Waals surface area contributed by atoms with Gasteiger partial charge in [0.25, 0.3) is 0 Å². The van der Waals surface area contributed by atoms with E-state index in [9.17, 15) is 18.4 Å². The van der Waals surface area contributed by atoms with Gasteiger partial charge in [0.05, 0.1) is 13.2 Å². The molecule has 0 aliphatic rings. The van der Waals surface area contributed by atoms with Crippen molar-refractivity contribution in [2.45, 2.75) is 26.1 Å². The van der Waals surface area contributed by atoms with E-state index in [0.717, 1.165) is 4.88 Å². The van der Waals surface area contributed by atoms with Crippen molar-refractivity contribution < 1.29 is 23.1 Å². The van der Waals surface area contributed by atoms with Gasteiger partial charge in [0.1, 0.15) is 6.04 Å². The summed E-state index contributed by atoms with van der Waals surface area (Å²) in [4.78, 5) is 23.6. The highest BCUT2D eigenvalue weighted by molar-refractivity contribution is 7.09. The van der Waals surface area contributed by atoms with E-state index in [1.165, 1.54) is 18.3 Å². The number of amides is 2. The zero-order valence-electron chi connectivity index (χ0n) is 10.2. The molecule has 0 unspecified atom stereocenters. The summed E-state index contributed by atoms with van der Waals surface area (Å²) in [7, 11) is 0. The van der Waals surface area contributed by atoms with Gasteiger partial charge in [-0.25, -0.2) is 0 Å². The quantitative estimate of drug-likeness (QED) is 0.791. The smallest absolute Gasteiger partial charge is 0.345 e. The number of ether oxygens (including phenoxy) is 1. The highest BCUT2D eigenvalue weighted by Crippen LogP contribution is 2.07. The largest absolute Gasteiger partial charge is 0.349 e. The Kier molecular flexibility index (Phi) is 6.37. The zero-order valence-corrected chi connectivity index (χ0v) is 11.0. The standard InChI is InChI=1S/C11H14F2N2O3S/c1-7(16)15-9(6-18-11(12)13)10(17)14-5-8-3-2-4-19-8/h2-4,9,11H,5-6H2,1H3,(H,14,17)(H,15,16)/t9-/m1/s1. The topological polar surface area (TPSA) is 67.4 Å². The molecule has 1 aromatic heterocycles. The van der Waals surface area contributed by atoms with Crippen molar-refractivity contribution in [2.24, 2.45) is 0 Å². The van der Waals surface area contributed by atoms with E-state index in [1.54, 1.807) is 0 Å². The maximum absolute atomic E-state index is 11.9. The minimum atomic E-state index is -2.98. The minimum Gasteiger partial charge on any atom is -0.349 e. The minimum absolute atomic E-state index is 0.279. The molecule has 19 heavy (non-hydrogen) atoms. The van der Waals surface area contributed by atoms with Gasteiger partial charge in [0, 0.05) is 11.8 Å². The van der Waals surface area contributed by atoms with Crippen LogP contribution in [0.15, 0.2) is 17.5 Å². The second-order valence-electron chi connectivity index (χ2n) is 3.64. The summed E-state index contributed by atoms with van der Waals surface area (Å²) in [5, 5.41) is 6.66. The summed E-state index contributed by atoms with van der Waals surface area (Å²) in [6.45, 7) is -2.09. The molecule has 8 heteroatoms. The van der Waals surface area contributed by atoms with Crippen LogP contribution in [0, 0.1) is 0 Å². The van der Waals surface area contributed by atoms with Gasteiger partial charge < -0.3 is 15.4 Å². The average Bonchev–Trinajstić information content (AvgIpc) is 2.83. The lowest BCUT2D eigenvalue weighted by molar-refractivity contribution is -0.146. The number of hydrogen-bond donors (Lipinski definition) is 2. The van der Waals surface area contributed by atoms with Crippen LogP contribution in [0.3, 0.4) is 0 Å². The third-order valence-electron chi connectivity index (χ3n) is 2.10. The van der Waals surface area contributed by atoms with Crippen LogP contribution in [0.25, 0.3) is 0 Å². The molecular weight excluding hydrogens is 278 g/mol. The van der Waals surface area contributed by atoms with Gasteiger partial charge in [-0.15, -0.1) is 11.3 Å². The molecule has 1 aromatic rings. The van der Waals surface area contributed by atoms with E-state index in [1.807, 2.05) is 17.5 Å². The van der Waals surface area contributed by atoms with Gasteiger partial charge in [-0.05, 0) is 11.4 Å². The van der Waals surface area contributed by atoms with Crippen LogP contribution in [0.1, 0.15) is 11.8 Å². The number of carbonyl (C=O) groups excluding carboxylic acids is 2. The molecule has 2 N–H and O–H groups in total. The first-order valence-corrected chi connectivity index (χ1v) is 6.34. The lowest BCUT2D eigenvalue weighted by Gasteiger charge is -2.17. The van der Waals surface area contributed by atoms with Crippen LogP contribution in [0.5, 0.6) is 0 Å². The summed E-state index contributed by atoms with van der Waals surface area (Å²) in [5.41, 5.74) is 0. The van der Waals surface area contributed by atoms with Crippen LogP contribution in [0.2, 0.25) is 0 Å². The van der Waals surface area contributed by atoms with E-state index in [0.29, 0.717) is 0 Å². The summed E-state index contributed by atoms with van der Waals surface area (Å²) < 4.78 is 27.9. The Hall–Kier alpha value is -1.54. The molecule has 0 aromatic carbocycles. The summed E-state index contributed by atoms with van der Waals surface area (Å²) >= 11 is 1.46. The van der Waals surface area contributed by atoms with Crippen LogP contribution >= 0.6 is 11.3 Å². The van der Waals surface area contributed by atoms with Crippen molar-refractivity contribution in [1.29, 1.82) is 0 Å². The Morgan fingerprint density at radius 2 is 2.21 bits per heavy atom. The Morgan fingerprint density at radius 1 is 1.47 bits per heavy atom. The van der Waals surface area contributed by atoms with E-state index in [2.05, 4.69) is 15.4 Å². The van der Waals surface area contributed by atoms with Gasteiger partial charge >= 0.3 is 6.61 Å². The van der Waals surface area contributed by atoms with E-state index in [4.69, 9.17) is 0 Å². The Balaban J connectivity index is 2.47. The van der Waals surface area contributed by atoms with Crippen molar-refractivity contribution in [3.05, 3.63) is 22.4 Å². The Labute approximate surface area is 112 Å². The fourth-order valence-corrected chi connectivity index (χ4v) is 1.95. The van der Waals surface area contributed by atoms with E-state index >= 15 is 0 Å². The molecule has 1 atom stereocenters. The number of rotatable bonds is 7. The predicted octanol–water partition coefficient (Wildman–Crippen LogP) is 1.11. The molecule has 0 bridgehead atoms. The average molecular weight is 292 g/mol. The number of halogens is 2. The molecule has 0 saturated carbocycles. The zero-order chi connectivity index (χ0) is 14.3. The third-order valence-corrected chi connectivity index (χ3v) is 2.98. The molecule has 5 nitrogen and oxygen atoms in total. The summed E-state index contributed by atoms with van der Waals surface area (Å²) in [6.07, 6.45) is 0. The van der Waals surface area contributed by atoms with E-state index < -0.39 is 31.1 Å². The number of hydrogen-bond acceptors (Lipinski definition) is 4. The summed E-state index contributed by atoms with van der Waals surface area (Å²) in [6, 6.07) is 2.53. The molecule has 0 aliphatic heterocycles. The van der Waals surface area contributed by atoms with Crippen molar-refractivity contribution in [3.8, 4) is 0 Å². The van der Waals surface area contributed by atoms with Crippen molar-refractivity contribution in [2.75, 3.05) is 6.61 Å². The number of alkyl halides is 2. The predicted molar refractivity (Wildman–Crippen MR) is 65.7 cm³/mol. The first-order chi connectivity index (χ1) is 8.99.